The molecule has 2 aliphatic rings. The number of carbonyl (C=O) groups excluding carboxylic acids is 1. The van der Waals surface area contributed by atoms with Crippen LogP contribution in [0.4, 0.5) is 0 Å². The van der Waals surface area contributed by atoms with Crippen molar-refractivity contribution in [2.75, 3.05) is 13.1 Å². The van der Waals surface area contributed by atoms with Gasteiger partial charge >= 0.3 is 0 Å². The summed E-state index contributed by atoms with van der Waals surface area (Å²) in [7, 11) is 0. The number of nitrogens with one attached hydrogen (secondary N) is 1. The Morgan fingerprint density at radius 3 is 2.79 bits per heavy atom. The van der Waals surface area contributed by atoms with E-state index in [0.717, 1.165) is 42.7 Å². The predicted molar refractivity (Wildman–Crippen MR) is 109 cm³/mol. The second kappa shape index (κ2) is 7.00. The molecule has 5 rings (SSSR count). The average Bonchev–Trinajstić information content (AvgIpc) is 3.05. The largest absolute Gasteiger partial charge is 0.371 e. The van der Waals surface area contributed by atoms with Crippen molar-refractivity contribution in [1.29, 1.82) is 0 Å². The zero-order chi connectivity index (χ0) is 18.9. The van der Waals surface area contributed by atoms with Crippen molar-refractivity contribution in [2.45, 2.75) is 19.4 Å². The standard InChI is InChI=1S/C23H22N4O/c28-23(25-15-17-4-7-22-24-10-13-27(22)16-17)20-6-5-18-8-11-26(21-2-1-3-21)12-9-19(18)14-20/h1-7,10,13-14,16H,8-9,11-12,15H2,(H,25,28). The van der Waals surface area contributed by atoms with Gasteiger partial charge in [0.25, 0.3) is 5.91 Å². The Labute approximate surface area is 164 Å². The van der Waals surface area contributed by atoms with E-state index >= 15 is 0 Å². The maximum absolute atomic E-state index is 12.7. The molecular weight excluding hydrogens is 348 g/mol. The topological polar surface area (TPSA) is 49.6 Å². The van der Waals surface area contributed by atoms with Gasteiger partial charge in [-0.2, -0.15) is 0 Å². The highest BCUT2D eigenvalue weighted by atomic mass is 16.1. The van der Waals surface area contributed by atoms with Crippen LogP contribution >= 0.6 is 0 Å². The van der Waals surface area contributed by atoms with Crippen molar-refractivity contribution in [3.63, 3.8) is 0 Å². The van der Waals surface area contributed by atoms with Crippen molar-refractivity contribution < 1.29 is 4.79 Å². The van der Waals surface area contributed by atoms with Crippen LogP contribution in [0.5, 0.6) is 0 Å². The van der Waals surface area contributed by atoms with Gasteiger partial charge in [-0.1, -0.05) is 18.2 Å². The molecule has 1 aliphatic heterocycles. The van der Waals surface area contributed by atoms with E-state index in [1.165, 1.54) is 16.8 Å². The Hall–Kier alpha value is -3.34. The van der Waals surface area contributed by atoms with E-state index < -0.39 is 0 Å². The zero-order valence-electron chi connectivity index (χ0n) is 15.6. The van der Waals surface area contributed by atoms with Gasteiger partial charge in [-0.15, -0.1) is 0 Å². The SMILES string of the molecule is O=C(NCc1ccc2nccn2c1)c1ccc2c(c1)CCN(C1=CC=C1)CC2. The number of rotatable bonds is 4. The molecule has 0 saturated heterocycles. The molecule has 0 radical (unpaired) electrons. The Balaban J connectivity index is 1.26. The molecule has 0 fully saturated rings. The third kappa shape index (κ3) is 3.20. The minimum Gasteiger partial charge on any atom is -0.371 e. The van der Waals surface area contributed by atoms with E-state index in [9.17, 15) is 4.79 Å². The highest BCUT2D eigenvalue weighted by Gasteiger charge is 2.17. The number of pyridine rings is 1. The Kier molecular flexibility index (Phi) is 4.20. The molecule has 3 aromatic rings. The number of aromatic nitrogens is 2. The molecule has 5 heteroatoms. The summed E-state index contributed by atoms with van der Waals surface area (Å²) in [5.74, 6) is -0.0285. The highest BCUT2D eigenvalue weighted by Crippen LogP contribution is 2.22. The number of hydrogen-bond donors (Lipinski definition) is 1. The molecule has 2 aromatic heterocycles. The Morgan fingerprint density at radius 1 is 1.11 bits per heavy atom. The van der Waals surface area contributed by atoms with Crippen LogP contribution in [0.25, 0.3) is 5.65 Å². The minimum absolute atomic E-state index is 0.0285. The van der Waals surface area contributed by atoms with E-state index in [0.29, 0.717) is 6.54 Å². The number of imidazole rings is 1. The van der Waals surface area contributed by atoms with Crippen LogP contribution in [0.3, 0.4) is 0 Å². The summed E-state index contributed by atoms with van der Waals surface area (Å²) in [5, 5.41) is 3.04. The van der Waals surface area contributed by atoms with Gasteiger partial charge in [0, 0.05) is 49.5 Å². The zero-order valence-corrected chi connectivity index (χ0v) is 15.6. The molecule has 0 saturated carbocycles. The van der Waals surface area contributed by atoms with E-state index in [1.54, 1.807) is 6.20 Å². The maximum atomic E-state index is 12.7. The van der Waals surface area contributed by atoms with Crippen LogP contribution < -0.4 is 5.32 Å². The molecule has 140 valence electrons. The van der Waals surface area contributed by atoms with Crippen molar-refractivity contribution >= 4 is 11.6 Å². The fraction of sp³-hybridized carbons (Fsp3) is 0.217. The third-order valence-corrected chi connectivity index (χ3v) is 5.57. The first-order valence-corrected chi connectivity index (χ1v) is 9.71. The molecule has 5 nitrogen and oxygen atoms in total. The molecule has 1 N–H and O–H groups in total. The van der Waals surface area contributed by atoms with Crippen LogP contribution in [-0.2, 0) is 19.4 Å². The minimum atomic E-state index is -0.0285. The fourth-order valence-electron chi connectivity index (χ4n) is 3.87. The first-order valence-electron chi connectivity index (χ1n) is 9.71. The number of nitrogens with zero attached hydrogens (tertiary/aromatic N) is 3. The fourth-order valence-corrected chi connectivity index (χ4v) is 3.87. The summed E-state index contributed by atoms with van der Waals surface area (Å²) in [6.45, 7) is 2.53. The number of fused-ring (bicyclic) bond motifs is 2. The third-order valence-electron chi connectivity index (χ3n) is 5.57. The lowest BCUT2D eigenvalue weighted by Crippen LogP contribution is -2.26. The Morgan fingerprint density at radius 2 is 1.96 bits per heavy atom. The van der Waals surface area contributed by atoms with Crippen molar-refractivity contribution in [1.82, 2.24) is 19.6 Å². The van der Waals surface area contributed by atoms with Gasteiger partial charge in [-0.05, 0) is 59.9 Å². The van der Waals surface area contributed by atoms with Crippen LogP contribution in [0.15, 0.2) is 72.8 Å². The summed E-state index contributed by atoms with van der Waals surface area (Å²) < 4.78 is 1.96. The van der Waals surface area contributed by atoms with Gasteiger partial charge < -0.3 is 14.6 Å². The van der Waals surface area contributed by atoms with Crippen molar-refractivity contribution in [2.24, 2.45) is 0 Å². The summed E-state index contributed by atoms with van der Waals surface area (Å²) in [4.78, 5) is 19.3. The predicted octanol–water partition coefficient (Wildman–Crippen LogP) is 3.12. The first-order chi connectivity index (χ1) is 13.8. The van der Waals surface area contributed by atoms with Gasteiger partial charge in [0.05, 0.1) is 0 Å². The first kappa shape index (κ1) is 16.8. The van der Waals surface area contributed by atoms with E-state index in [1.807, 2.05) is 35.0 Å². The van der Waals surface area contributed by atoms with Crippen LogP contribution in [0.1, 0.15) is 27.0 Å². The lowest BCUT2D eigenvalue weighted by molar-refractivity contribution is 0.0950. The second-order valence-corrected chi connectivity index (χ2v) is 7.33. The molecular formula is C23H22N4O. The molecule has 1 amide bonds. The lowest BCUT2D eigenvalue weighted by atomic mass is 10.00. The van der Waals surface area contributed by atoms with Gasteiger partial charge in [-0.3, -0.25) is 4.79 Å². The maximum Gasteiger partial charge on any atom is 0.251 e. The Bertz CT molecular complexity index is 1110. The van der Waals surface area contributed by atoms with E-state index in [4.69, 9.17) is 0 Å². The van der Waals surface area contributed by atoms with Crippen LogP contribution in [-0.4, -0.2) is 33.3 Å². The lowest BCUT2D eigenvalue weighted by Gasteiger charge is -2.26. The smallest absolute Gasteiger partial charge is 0.251 e. The summed E-state index contributed by atoms with van der Waals surface area (Å²) in [6, 6.07) is 10.1. The van der Waals surface area contributed by atoms with Gasteiger partial charge in [0.2, 0.25) is 0 Å². The second-order valence-electron chi connectivity index (χ2n) is 7.33. The number of amides is 1. The molecule has 0 bridgehead atoms. The molecule has 0 unspecified atom stereocenters. The number of allylic oxidation sites excluding steroid dienone is 3. The molecule has 1 aromatic carbocycles. The van der Waals surface area contributed by atoms with Crippen molar-refractivity contribution in [3.05, 3.63) is 95.1 Å². The average molecular weight is 370 g/mol. The highest BCUT2D eigenvalue weighted by molar-refractivity contribution is 5.94. The summed E-state index contributed by atoms with van der Waals surface area (Å²) >= 11 is 0. The number of hydrogen-bond acceptors (Lipinski definition) is 3. The molecule has 3 heterocycles. The molecule has 28 heavy (non-hydrogen) atoms. The molecule has 0 atom stereocenters. The molecule has 0 spiro atoms. The number of carbonyl (C=O) groups is 1. The summed E-state index contributed by atoms with van der Waals surface area (Å²) in [5.41, 5.74) is 6.65. The van der Waals surface area contributed by atoms with E-state index in [-0.39, 0.29) is 5.91 Å². The molecule has 1 aliphatic carbocycles. The van der Waals surface area contributed by atoms with Gasteiger partial charge in [-0.25, -0.2) is 4.98 Å². The van der Waals surface area contributed by atoms with Crippen molar-refractivity contribution in [3.8, 4) is 0 Å². The summed E-state index contributed by atoms with van der Waals surface area (Å²) in [6.07, 6.45) is 14.1. The number of benzene rings is 1. The van der Waals surface area contributed by atoms with Gasteiger partial charge in [0.15, 0.2) is 0 Å². The van der Waals surface area contributed by atoms with Crippen LogP contribution in [0.2, 0.25) is 0 Å². The van der Waals surface area contributed by atoms with Crippen LogP contribution in [0, 0.1) is 0 Å². The monoisotopic (exact) mass is 370 g/mol. The van der Waals surface area contributed by atoms with Gasteiger partial charge in [0.1, 0.15) is 5.65 Å². The normalized spacial score (nSPS) is 15.6. The van der Waals surface area contributed by atoms with E-state index in [2.05, 4.69) is 45.6 Å². The quantitative estimate of drug-likeness (QED) is 0.768.